The van der Waals surface area contributed by atoms with Gasteiger partial charge in [-0.2, -0.15) is 5.10 Å². The lowest BCUT2D eigenvalue weighted by molar-refractivity contribution is 0.0954. The maximum atomic E-state index is 12.4. The minimum absolute atomic E-state index is 0.0278. The molecule has 0 aliphatic carbocycles. The van der Waals surface area contributed by atoms with Gasteiger partial charge in [-0.1, -0.05) is 6.07 Å². The van der Waals surface area contributed by atoms with Crippen LogP contribution in [0.3, 0.4) is 0 Å². The van der Waals surface area contributed by atoms with Gasteiger partial charge in [-0.15, -0.1) is 11.3 Å². The molecular formula is C16H17N5O2S. The quantitative estimate of drug-likeness (QED) is 0.710. The topological polar surface area (TPSA) is 92.9 Å². The highest BCUT2D eigenvalue weighted by molar-refractivity contribution is 7.17. The molecule has 3 aromatic heterocycles. The molecule has 3 heterocycles. The Kier molecular flexibility index (Phi) is 4.97. The van der Waals surface area contributed by atoms with E-state index in [0.29, 0.717) is 34.4 Å². The number of aromatic nitrogens is 4. The van der Waals surface area contributed by atoms with Crippen molar-refractivity contribution in [3.8, 4) is 10.7 Å². The molecule has 24 heavy (non-hydrogen) atoms. The van der Waals surface area contributed by atoms with E-state index in [9.17, 15) is 4.79 Å². The third-order valence-corrected chi connectivity index (χ3v) is 4.55. The molecule has 124 valence electrons. The molecule has 0 radical (unpaired) electrons. The molecule has 0 spiro atoms. The van der Waals surface area contributed by atoms with Crippen molar-refractivity contribution in [1.29, 1.82) is 0 Å². The molecule has 2 N–H and O–H groups in total. The van der Waals surface area contributed by atoms with Crippen LogP contribution in [0.1, 0.15) is 20.9 Å². The van der Waals surface area contributed by atoms with Gasteiger partial charge in [0.15, 0.2) is 0 Å². The number of nitrogens with one attached hydrogen (secondary N) is 1. The summed E-state index contributed by atoms with van der Waals surface area (Å²) < 4.78 is 1.65. The van der Waals surface area contributed by atoms with Crippen molar-refractivity contribution < 1.29 is 9.90 Å². The fourth-order valence-corrected chi connectivity index (χ4v) is 3.13. The number of hydrogen-bond acceptors (Lipinski definition) is 6. The normalized spacial score (nSPS) is 10.8. The standard InChI is InChI=1S/C16H17N5O2S/c1-11-14(15(23)18-10-12-3-2-5-17-9-12)24-16(19-11)13-4-6-21(20-13)7-8-22/h2-6,9,22H,7-8,10H2,1H3,(H,18,23). The molecule has 8 heteroatoms. The molecule has 0 saturated carbocycles. The van der Waals surface area contributed by atoms with Gasteiger partial charge in [-0.25, -0.2) is 4.98 Å². The van der Waals surface area contributed by atoms with Gasteiger partial charge in [0.25, 0.3) is 5.91 Å². The summed E-state index contributed by atoms with van der Waals surface area (Å²) in [6.45, 7) is 2.69. The number of pyridine rings is 1. The molecule has 0 saturated heterocycles. The van der Waals surface area contributed by atoms with Gasteiger partial charge < -0.3 is 10.4 Å². The first-order valence-electron chi connectivity index (χ1n) is 7.46. The van der Waals surface area contributed by atoms with Gasteiger partial charge in [0.2, 0.25) is 0 Å². The van der Waals surface area contributed by atoms with Gasteiger partial charge >= 0.3 is 0 Å². The second kappa shape index (κ2) is 7.33. The highest BCUT2D eigenvalue weighted by Crippen LogP contribution is 2.26. The predicted octanol–water partition coefficient (Wildman–Crippen LogP) is 1.63. The highest BCUT2D eigenvalue weighted by atomic mass is 32.1. The van der Waals surface area contributed by atoms with Crippen molar-refractivity contribution in [2.45, 2.75) is 20.0 Å². The van der Waals surface area contributed by atoms with Crippen LogP contribution < -0.4 is 5.32 Å². The summed E-state index contributed by atoms with van der Waals surface area (Å²) in [4.78, 5) is 21.4. The molecule has 0 aliphatic rings. The number of nitrogens with zero attached hydrogens (tertiary/aromatic N) is 4. The van der Waals surface area contributed by atoms with Crippen LogP contribution in [-0.4, -0.2) is 37.4 Å². The largest absolute Gasteiger partial charge is 0.394 e. The summed E-state index contributed by atoms with van der Waals surface area (Å²) in [5.74, 6) is -0.158. The van der Waals surface area contributed by atoms with Crippen LogP contribution in [0.25, 0.3) is 10.7 Å². The molecule has 0 aliphatic heterocycles. The Balaban J connectivity index is 1.72. The number of thiazole rings is 1. The van der Waals surface area contributed by atoms with E-state index in [1.54, 1.807) is 23.3 Å². The zero-order chi connectivity index (χ0) is 16.9. The summed E-state index contributed by atoms with van der Waals surface area (Å²) in [5.41, 5.74) is 2.31. The zero-order valence-corrected chi connectivity index (χ0v) is 14.0. The number of carbonyl (C=O) groups excluding carboxylic acids is 1. The molecule has 0 bridgehead atoms. The maximum absolute atomic E-state index is 12.4. The molecule has 1 amide bonds. The van der Waals surface area contributed by atoms with Crippen LogP contribution in [0.15, 0.2) is 36.8 Å². The van der Waals surface area contributed by atoms with Crippen LogP contribution in [0.4, 0.5) is 0 Å². The lowest BCUT2D eigenvalue weighted by Gasteiger charge is -2.03. The molecule has 3 rings (SSSR count). The molecule has 0 unspecified atom stereocenters. The summed E-state index contributed by atoms with van der Waals surface area (Å²) >= 11 is 1.31. The number of aryl methyl sites for hydroxylation is 1. The van der Waals surface area contributed by atoms with Crippen LogP contribution in [0.5, 0.6) is 0 Å². The lowest BCUT2D eigenvalue weighted by atomic mass is 10.3. The monoisotopic (exact) mass is 343 g/mol. The maximum Gasteiger partial charge on any atom is 0.263 e. The molecular weight excluding hydrogens is 326 g/mol. The van der Waals surface area contributed by atoms with Gasteiger partial charge in [-0.05, 0) is 24.6 Å². The Morgan fingerprint density at radius 1 is 1.42 bits per heavy atom. The molecule has 0 fully saturated rings. The number of aliphatic hydroxyl groups excluding tert-OH is 1. The first-order chi connectivity index (χ1) is 11.7. The number of carbonyl (C=O) groups is 1. The van der Waals surface area contributed by atoms with E-state index in [1.165, 1.54) is 11.3 Å². The molecule has 0 aromatic carbocycles. The average Bonchev–Trinajstić information content (AvgIpc) is 3.21. The minimum Gasteiger partial charge on any atom is -0.394 e. The van der Waals surface area contributed by atoms with Gasteiger partial charge in [-0.3, -0.25) is 14.5 Å². The van der Waals surface area contributed by atoms with Crippen molar-refractivity contribution in [2.24, 2.45) is 0 Å². The Labute approximate surface area is 143 Å². The van der Waals surface area contributed by atoms with E-state index in [2.05, 4.69) is 20.4 Å². The van der Waals surface area contributed by atoms with E-state index >= 15 is 0 Å². The Hall–Kier alpha value is -2.58. The summed E-state index contributed by atoms with van der Waals surface area (Å²) in [7, 11) is 0. The third-order valence-electron chi connectivity index (χ3n) is 3.37. The summed E-state index contributed by atoms with van der Waals surface area (Å²) in [5, 5.41) is 16.9. The first-order valence-corrected chi connectivity index (χ1v) is 8.28. The Bertz CT molecular complexity index is 828. The highest BCUT2D eigenvalue weighted by Gasteiger charge is 2.17. The van der Waals surface area contributed by atoms with Crippen molar-refractivity contribution in [2.75, 3.05) is 6.61 Å². The van der Waals surface area contributed by atoms with Crippen LogP contribution in [0.2, 0.25) is 0 Å². The van der Waals surface area contributed by atoms with Crippen molar-refractivity contribution in [3.05, 3.63) is 52.9 Å². The predicted molar refractivity (Wildman–Crippen MR) is 90.6 cm³/mol. The second-order valence-electron chi connectivity index (χ2n) is 5.17. The Morgan fingerprint density at radius 3 is 3.04 bits per heavy atom. The molecule has 0 atom stereocenters. The minimum atomic E-state index is -0.158. The fraction of sp³-hybridized carbons (Fsp3) is 0.250. The lowest BCUT2D eigenvalue weighted by Crippen LogP contribution is -2.22. The van der Waals surface area contributed by atoms with Crippen molar-refractivity contribution in [3.63, 3.8) is 0 Å². The zero-order valence-electron chi connectivity index (χ0n) is 13.1. The number of rotatable bonds is 6. The van der Waals surface area contributed by atoms with E-state index in [-0.39, 0.29) is 12.5 Å². The van der Waals surface area contributed by atoms with Gasteiger partial charge in [0.1, 0.15) is 15.6 Å². The van der Waals surface area contributed by atoms with Crippen molar-refractivity contribution in [1.82, 2.24) is 25.1 Å². The Morgan fingerprint density at radius 2 is 2.29 bits per heavy atom. The number of amides is 1. The fourth-order valence-electron chi connectivity index (χ4n) is 2.18. The number of hydrogen-bond donors (Lipinski definition) is 2. The smallest absolute Gasteiger partial charge is 0.263 e. The van der Waals surface area contributed by atoms with E-state index < -0.39 is 0 Å². The SMILES string of the molecule is Cc1nc(-c2ccn(CCO)n2)sc1C(=O)NCc1cccnc1. The third kappa shape index (κ3) is 3.66. The molecule has 3 aromatic rings. The van der Waals surface area contributed by atoms with E-state index in [1.807, 2.05) is 25.1 Å². The molecule has 7 nitrogen and oxygen atoms in total. The van der Waals surface area contributed by atoms with Gasteiger partial charge in [0.05, 0.1) is 18.8 Å². The van der Waals surface area contributed by atoms with Gasteiger partial charge in [0, 0.05) is 25.1 Å². The summed E-state index contributed by atoms with van der Waals surface area (Å²) in [6.07, 6.45) is 5.20. The first kappa shape index (κ1) is 16.3. The van der Waals surface area contributed by atoms with Crippen LogP contribution in [-0.2, 0) is 13.1 Å². The summed E-state index contributed by atoms with van der Waals surface area (Å²) in [6, 6.07) is 5.57. The second-order valence-corrected chi connectivity index (χ2v) is 6.16. The van der Waals surface area contributed by atoms with E-state index in [0.717, 1.165) is 5.56 Å². The van der Waals surface area contributed by atoms with E-state index in [4.69, 9.17) is 5.11 Å². The van der Waals surface area contributed by atoms with Crippen LogP contribution >= 0.6 is 11.3 Å². The van der Waals surface area contributed by atoms with Crippen molar-refractivity contribution >= 4 is 17.2 Å². The number of aliphatic hydroxyl groups is 1. The average molecular weight is 343 g/mol. The van der Waals surface area contributed by atoms with Crippen LogP contribution in [0, 0.1) is 6.92 Å².